The van der Waals surface area contributed by atoms with Crippen molar-refractivity contribution in [2.45, 2.75) is 0 Å². The van der Waals surface area contributed by atoms with E-state index in [4.69, 9.17) is 16.0 Å². The van der Waals surface area contributed by atoms with Crippen LogP contribution in [-0.4, -0.2) is 5.11 Å². The molecule has 1 N–H and O–H groups in total. The highest BCUT2D eigenvalue weighted by atomic mass is 35.5. The SMILES string of the molecule is Oc1cccc2ccc3oc4ccc(Cl)cc4c3c12. The number of hydrogen-bond donors (Lipinski definition) is 1. The Morgan fingerprint density at radius 3 is 2.63 bits per heavy atom. The number of phenolic OH excluding ortho intramolecular Hbond substituents is 1. The number of hydrogen-bond acceptors (Lipinski definition) is 2. The highest BCUT2D eigenvalue weighted by Crippen LogP contribution is 2.39. The molecule has 0 saturated heterocycles. The van der Waals surface area contributed by atoms with Crippen LogP contribution >= 0.6 is 11.6 Å². The second-order valence-corrected chi connectivity index (χ2v) is 4.99. The standard InChI is InChI=1S/C16H9ClO2/c17-10-5-7-13-11(8-10)16-14(19-13)6-4-9-2-1-3-12(18)15(9)16/h1-8,18H. The van der Waals surface area contributed by atoms with Crippen LogP contribution in [0.2, 0.25) is 5.02 Å². The van der Waals surface area contributed by atoms with Crippen LogP contribution in [0.3, 0.4) is 0 Å². The van der Waals surface area contributed by atoms with Crippen LogP contribution in [0, 0.1) is 0 Å². The van der Waals surface area contributed by atoms with E-state index in [0.29, 0.717) is 5.02 Å². The van der Waals surface area contributed by atoms with Crippen molar-refractivity contribution >= 4 is 44.3 Å². The summed E-state index contributed by atoms with van der Waals surface area (Å²) in [5, 5.41) is 14.4. The molecule has 0 aliphatic heterocycles. The topological polar surface area (TPSA) is 33.4 Å². The van der Waals surface area contributed by atoms with Gasteiger partial charge in [0.1, 0.15) is 16.9 Å². The summed E-state index contributed by atoms with van der Waals surface area (Å²) in [4.78, 5) is 0. The Bertz CT molecular complexity index is 938. The Balaban J connectivity index is 2.37. The smallest absolute Gasteiger partial charge is 0.136 e. The van der Waals surface area contributed by atoms with Crippen molar-refractivity contribution in [1.29, 1.82) is 0 Å². The average Bonchev–Trinajstić information content (AvgIpc) is 2.77. The van der Waals surface area contributed by atoms with E-state index in [9.17, 15) is 5.11 Å². The molecule has 0 saturated carbocycles. The summed E-state index contributed by atoms with van der Waals surface area (Å²) in [7, 11) is 0. The number of phenols is 1. The molecule has 0 fully saturated rings. The fourth-order valence-electron chi connectivity index (χ4n) is 2.60. The van der Waals surface area contributed by atoms with Gasteiger partial charge in [0, 0.05) is 21.2 Å². The molecular weight excluding hydrogens is 260 g/mol. The second-order valence-electron chi connectivity index (χ2n) is 4.56. The molecule has 0 atom stereocenters. The lowest BCUT2D eigenvalue weighted by Crippen LogP contribution is -1.76. The summed E-state index contributed by atoms with van der Waals surface area (Å²) in [6.07, 6.45) is 0. The van der Waals surface area contributed by atoms with Gasteiger partial charge in [0.15, 0.2) is 0 Å². The van der Waals surface area contributed by atoms with Gasteiger partial charge in [-0.25, -0.2) is 0 Å². The van der Waals surface area contributed by atoms with E-state index < -0.39 is 0 Å². The van der Waals surface area contributed by atoms with Gasteiger partial charge in [-0.3, -0.25) is 0 Å². The van der Waals surface area contributed by atoms with E-state index in [0.717, 1.165) is 32.7 Å². The lowest BCUT2D eigenvalue weighted by Gasteiger charge is -2.02. The van der Waals surface area contributed by atoms with Crippen molar-refractivity contribution in [1.82, 2.24) is 0 Å². The lowest BCUT2D eigenvalue weighted by atomic mass is 10.0. The minimum absolute atomic E-state index is 0.255. The first-order chi connectivity index (χ1) is 9.24. The van der Waals surface area contributed by atoms with Gasteiger partial charge in [0.25, 0.3) is 0 Å². The van der Waals surface area contributed by atoms with Crippen molar-refractivity contribution in [2.75, 3.05) is 0 Å². The van der Waals surface area contributed by atoms with Gasteiger partial charge in [-0.1, -0.05) is 29.8 Å². The highest BCUT2D eigenvalue weighted by molar-refractivity contribution is 6.32. The molecule has 19 heavy (non-hydrogen) atoms. The zero-order valence-corrected chi connectivity index (χ0v) is 10.6. The molecule has 0 aliphatic carbocycles. The third-order valence-electron chi connectivity index (χ3n) is 3.42. The molecule has 0 amide bonds. The van der Waals surface area contributed by atoms with E-state index >= 15 is 0 Å². The van der Waals surface area contributed by atoms with Gasteiger partial charge in [-0.2, -0.15) is 0 Å². The normalized spacial score (nSPS) is 11.6. The summed E-state index contributed by atoms with van der Waals surface area (Å²) in [6.45, 7) is 0. The van der Waals surface area contributed by atoms with Crippen LogP contribution in [0.25, 0.3) is 32.7 Å². The number of rotatable bonds is 0. The van der Waals surface area contributed by atoms with Crippen molar-refractivity contribution in [3.63, 3.8) is 0 Å². The zero-order chi connectivity index (χ0) is 13.0. The van der Waals surface area contributed by atoms with Crippen molar-refractivity contribution in [3.05, 3.63) is 53.6 Å². The van der Waals surface area contributed by atoms with Gasteiger partial charge in [-0.15, -0.1) is 0 Å². The number of furan rings is 1. The van der Waals surface area contributed by atoms with Crippen molar-refractivity contribution in [2.24, 2.45) is 0 Å². The van der Waals surface area contributed by atoms with E-state index in [-0.39, 0.29) is 5.75 Å². The summed E-state index contributed by atoms with van der Waals surface area (Å²) >= 11 is 6.06. The quantitative estimate of drug-likeness (QED) is 0.481. The molecule has 0 radical (unpaired) electrons. The highest BCUT2D eigenvalue weighted by Gasteiger charge is 2.12. The predicted octanol–water partition coefficient (Wildman–Crippen LogP) is 5.10. The lowest BCUT2D eigenvalue weighted by molar-refractivity contribution is 0.482. The van der Waals surface area contributed by atoms with Crippen molar-refractivity contribution < 1.29 is 9.52 Å². The Morgan fingerprint density at radius 2 is 1.74 bits per heavy atom. The summed E-state index contributed by atoms with van der Waals surface area (Å²) in [5.41, 5.74) is 1.53. The Labute approximate surface area is 113 Å². The maximum atomic E-state index is 10.1. The van der Waals surface area contributed by atoms with Gasteiger partial charge in [0.05, 0.1) is 0 Å². The number of halogens is 1. The number of aromatic hydroxyl groups is 1. The molecule has 0 bridgehead atoms. The molecule has 1 aromatic heterocycles. The Kier molecular flexibility index (Phi) is 2.06. The van der Waals surface area contributed by atoms with Crippen LogP contribution in [-0.2, 0) is 0 Å². The first-order valence-corrected chi connectivity index (χ1v) is 6.34. The third kappa shape index (κ3) is 1.44. The molecule has 3 aromatic carbocycles. The zero-order valence-electron chi connectivity index (χ0n) is 9.85. The first-order valence-electron chi connectivity index (χ1n) is 5.96. The molecule has 4 rings (SSSR count). The number of benzene rings is 3. The summed E-state index contributed by atoms with van der Waals surface area (Å²) < 4.78 is 5.80. The minimum Gasteiger partial charge on any atom is -0.507 e. The number of fused-ring (bicyclic) bond motifs is 5. The van der Waals surface area contributed by atoms with Crippen LogP contribution in [0.1, 0.15) is 0 Å². The molecule has 2 nitrogen and oxygen atoms in total. The van der Waals surface area contributed by atoms with Crippen molar-refractivity contribution in [3.8, 4) is 5.75 Å². The van der Waals surface area contributed by atoms with E-state index in [2.05, 4.69) is 0 Å². The van der Waals surface area contributed by atoms with Gasteiger partial charge < -0.3 is 9.52 Å². The largest absolute Gasteiger partial charge is 0.507 e. The molecule has 92 valence electrons. The third-order valence-corrected chi connectivity index (χ3v) is 3.65. The van der Waals surface area contributed by atoms with Gasteiger partial charge in [-0.05, 0) is 35.7 Å². The van der Waals surface area contributed by atoms with Crippen LogP contribution < -0.4 is 0 Å². The Morgan fingerprint density at radius 1 is 0.895 bits per heavy atom. The molecule has 0 aliphatic rings. The molecule has 0 unspecified atom stereocenters. The predicted molar refractivity (Wildman–Crippen MR) is 77.9 cm³/mol. The van der Waals surface area contributed by atoms with Crippen LogP contribution in [0.15, 0.2) is 52.9 Å². The van der Waals surface area contributed by atoms with E-state index in [1.165, 1.54) is 0 Å². The molecule has 1 heterocycles. The maximum absolute atomic E-state index is 10.1. The molecule has 0 spiro atoms. The summed E-state index contributed by atoms with van der Waals surface area (Å²) in [5.74, 6) is 0.255. The maximum Gasteiger partial charge on any atom is 0.136 e. The fraction of sp³-hybridized carbons (Fsp3) is 0. The van der Waals surface area contributed by atoms with Crippen LogP contribution in [0.4, 0.5) is 0 Å². The summed E-state index contributed by atoms with van der Waals surface area (Å²) in [6, 6.07) is 14.9. The minimum atomic E-state index is 0.255. The fourth-order valence-corrected chi connectivity index (χ4v) is 2.77. The average molecular weight is 269 g/mol. The first kappa shape index (κ1) is 10.7. The second kappa shape index (κ2) is 3.65. The molecule has 4 aromatic rings. The molecule has 3 heteroatoms. The van der Waals surface area contributed by atoms with Gasteiger partial charge in [0.2, 0.25) is 0 Å². The van der Waals surface area contributed by atoms with E-state index in [1.807, 2.05) is 36.4 Å². The Hall–Kier alpha value is -2.19. The molecular formula is C16H9ClO2. The van der Waals surface area contributed by atoms with Crippen LogP contribution in [0.5, 0.6) is 5.75 Å². The van der Waals surface area contributed by atoms with Gasteiger partial charge >= 0.3 is 0 Å². The van der Waals surface area contributed by atoms with E-state index in [1.54, 1.807) is 12.1 Å². The monoisotopic (exact) mass is 268 g/mol.